The topological polar surface area (TPSA) is 35.2 Å². The first kappa shape index (κ1) is 15.3. The van der Waals surface area contributed by atoms with Gasteiger partial charge >= 0.3 is 0 Å². The molecule has 0 saturated carbocycles. The summed E-state index contributed by atoms with van der Waals surface area (Å²) in [6, 6.07) is 0. The van der Waals surface area contributed by atoms with Crippen LogP contribution in [0, 0.1) is 5.92 Å². The lowest BCUT2D eigenvalue weighted by molar-refractivity contribution is -0.0513. The van der Waals surface area contributed by atoms with Crippen LogP contribution in [0.15, 0.2) is 0 Å². The van der Waals surface area contributed by atoms with Crippen LogP contribution in [0.2, 0.25) is 0 Å². The molecule has 0 fully saturated rings. The summed E-state index contributed by atoms with van der Waals surface area (Å²) in [4.78, 5) is 0. The van der Waals surface area contributed by atoms with Gasteiger partial charge in [0.2, 0.25) is 0 Å². The molecule has 0 saturated heterocycles. The first-order valence-corrected chi connectivity index (χ1v) is 8.38. The lowest BCUT2D eigenvalue weighted by Gasteiger charge is -2.57. The molecule has 0 aromatic carbocycles. The van der Waals surface area contributed by atoms with Gasteiger partial charge in [0, 0.05) is 4.75 Å². The van der Waals surface area contributed by atoms with E-state index in [0.29, 0.717) is 12.6 Å². The molecule has 2 N–H and O–H groups in total. The Morgan fingerprint density at radius 3 is 1.73 bits per heavy atom. The van der Waals surface area contributed by atoms with Crippen LogP contribution < -0.4 is 5.73 Å². The fourth-order valence-electron chi connectivity index (χ4n) is 2.49. The summed E-state index contributed by atoms with van der Waals surface area (Å²) >= 11 is 0. The lowest BCUT2D eigenvalue weighted by atomic mass is 9.82. The van der Waals surface area contributed by atoms with E-state index in [-0.39, 0.29) is 10.3 Å². The third-order valence-electron chi connectivity index (χ3n) is 4.01. The van der Waals surface area contributed by atoms with E-state index in [4.69, 9.17) is 10.5 Å². The molecule has 0 heterocycles. The van der Waals surface area contributed by atoms with Gasteiger partial charge in [-0.15, -0.1) is 0 Å². The minimum atomic E-state index is -0.724. The zero-order valence-corrected chi connectivity index (χ0v) is 12.5. The van der Waals surface area contributed by atoms with Gasteiger partial charge in [-0.25, -0.2) is 10.0 Å². The molecule has 94 valence electrons. The zero-order chi connectivity index (χ0) is 12.5. The van der Waals surface area contributed by atoms with Crippen molar-refractivity contribution in [1.82, 2.24) is 0 Å². The molecule has 0 aromatic heterocycles. The fourth-order valence-corrected chi connectivity index (χ4v) is 5.44. The Kier molecular flexibility index (Phi) is 4.72. The molecule has 0 bridgehead atoms. The average Bonchev–Trinajstić information content (AvgIpc) is 1.99. The summed E-state index contributed by atoms with van der Waals surface area (Å²) in [5, 5.41) is 0. The Hall–Kier alpha value is 0.270. The van der Waals surface area contributed by atoms with Crippen molar-refractivity contribution in [3.8, 4) is 0 Å². The molecule has 15 heavy (non-hydrogen) atoms. The van der Waals surface area contributed by atoms with E-state index >= 15 is 0 Å². The maximum absolute atomic E-state index is 5.78. The van der Waals surface area contributed by atoms with Crippen LogP contribution in [-0.4, -0.2) is 35.8 Å². The van der Waals surface area contributed by atoms with E-state index in [2.05, 4.69) is 53.4 Å². The molecule has 2 nitrogen and oxygen atoms in total. The SMILES string of the molecule is CC(C)C(C)(C(C)(C)OCN)S(C)(C)C. The molecule has 0 aliphatic heterocycles. The second kappa shape index (κ2) is 4.64. The molecule has 1 atom stereocenters. The predicted molar refractivity (Wildman–Crippen MR) is 72.8 cm³/mol. The summed E-state index contributed by atoms with van der Waals surface area (Å²) in [6.45, 7) is 11.5. The smallest absolute Gasteiger partial charge is 0.0948 e. The second-order valence-corrected chi connectivity index (χ2v) is 10.4. The minimum absolute atomic E-state index is 0.166. The van der Waals surface area contributed by atoms with E-state index in [1.807, 2.05) is 0 Å². The summed E-state index contributed by atoms with van der Waals surface area (Å²) in [5.74, 6) is 0.578. The van der Waals surface area contributed by atoms with Crippen molar-refractivity contribution in [2.24, 2.45) is 11.7 Å². The molecule has 0 rings (SSSR count). The molecule has 3 heteroatoms. The number of rotatable bonds is 5. The Labute approximate surface area is 97.3 Å². The van der Waals surface area contributed by atoms with Crippen LogP contribution in [0.4, 0.5) is 0 Å². The second-order valence-electron chi connectivity index (χ2n) is 5.92. The number of nitrogens with two attached hydrogens (primary N) is 1. The van der Waals surface area contributed by atoms with Gasteiger partial charge in [0.05, 0.1) is 12.3 Å². The normalized spacial score (nSPS) is 19.1. The van der Waals surface area contributed by atoms with Crippen LogP contribution >= 0.6 is 10.0 Å². The summed E-state index contributed by atoms with van der Waals surface area (Å²) in [6.07, 6.45) is 7.07. The van der Waals surface area contributed by atoms with Crippen molar-refractivity contribution >= 4 is 10.0 Å². The predicted octanol–water partition coefficient (Wildman–Crippen LogP) is 2.81. The Morgan fingerprint density at radius 1 is 1.13 bits per heavy atom. The highest BCUT2D eigenvalue weighted by atomic mass is 32.3. The largest absolute Gasteiger partial charge is 0.359 e. The first-order chi connectivity index (χ1) is 6.50. The highest BCUT2D eigenvalue weighted by molar-refractivity contribution is 8.33. The number of ether oxygens (including phenoxy) is 1. The van der Waals surface area contributed by atoms with Crippen LogP contribution in [0.3, 0.4) is 0 Å². The molecule has 0 aliphatic rings. The van der Waals surface area contributed by atoms with Crippen molar-refractivity contribution in [3.05, 3.63) is 0 Å². The van der Waals surface area contributed by atoms with Crippen molar-refractivity contribution in [2.75, 3.05) is 25.5 Å². The quantitative estimate of drug-likeness (QED) is 0.744. The van der Waals surface area contributed by atoms with Crippen LogP contribution in [-0.2, 0) is 4.74 Å². The lowest BCUT2D eigenvalue weighted by Crippen LogP contribution is -2.56. The van der Waals surface area contributed by atoms with E-state index in [9.17, 15) is 0 Å². The molecule has 0 spiro atoms. The van der Waals surface area contributed by atoms with Gasteiger partial charge in [-0.3, -0.25) is 0 Å². The van der Waals surface area contributed by atoms with Gasteiger partial charge in [-0.05, 0) is 45.5 Å². The van der Waals surface area contributed by atoms with Gasteiger partial charge in [0.1, 0.15) is 0 Å². The molecular weight excluding hydrogens is 206 g/mol. The molecule has 0 radical (unpaired) electrons. The first-order valence-electron chi connectivity index (χ1n) is 5.52. The molecule has 0 amide bonds. The van der Waals surface area contributed by atoms with Gasteiger partial charge in [0.25, 0.3) is 0 Å². The molecule has 1 unspecified atom stereocenters. The van der Waals surface area contributed by atoms with E-state index in [1.165, 1.54) is 0 Å². The highest BCUT2D eigenvalue weighted by Gasteiger charge is 2.49. The maximum Gasteiger partial charge on any atom is 0.0948 e. The fraction of sp³-hybridized carbons (Fsp3) is 1.00. The van der Waals surface area contributed by atoms with Gasteiger partial charge in [-0.1, -0.05) is 13.8 Å². The summed E-state index contributed by atoms with van der Waals surface area (Å²) in [5.41, 5.74) is 5.36. The third-order valence-corrected chi connectivity index (χ3v) is 7.52. The monoisotopic (exact) mass is 235 g/mol. The standard InChI is InChI=1S/C12H29NOS/c1-10(2)12(5,15(6,7)8)11(3,4)14-9-13/h10H,9,13H2,1-8H3. The van der Waals surface area contributed by atoms with E-state index < -0.39 is 10.0 Å². The van der Waals surface area contributed by atoms with E-state index in [0.717, 1.165) is 0 Å². The third kappa shape index (κ3) is 2.69. The van der Waals surface area contributed by atoms with Crippen molar-refractivity contribution < 1.29 is 4.74 Å². The number of hydrogen-bond donors (Lipinski definition) is 1. The highest BCUT2D eigenvalue weighted by Crippen LogP contribution is 2.59. The van der Waals surface area contributed by atoms with Crippen molar-refractivity contribution in [3.63, 3.8) is 0 Å². The van der Waals surface area contributed by atoms with E-state index in [1.54, 1.807) is 0 Å². The van der Waals surface area contributed by atoms with Crippen LogP contribution in [0.1, 0.15) is 34.6 Å². The average molecular weight is 235 g/mol. The number of hydrogen-bond acceptors (Lipinski definition) is 2. The van der Waals surface area contributed by atoms with Crippen molar-refractivity contribution in [1.29, 1.82) is 0 Å². The van der Waals surface area contributed by atoms with Gasteiger partial charge in [0.15, 0.2) is 0 Å². The van der Waals surface area contributed by atoms with Gasteiger partial charge < -0.3 is 10.5 Å². The zero-order valence-electron chi connectivity index (χ0n) is 11.7. The van der Waals surface area contributed by atoms with Crippen LogP contribution in [0.5, 0.6) is 0 Å². The molecular formula is C12H29NOS. The summed E-state index contributed by atoms with van der Waals surface area (Å²) < 4.78 is 5.95. The molecule has 0 aromatic rings. The maximum atomic E-state index is 5.78. The van der Waals surface area contributed by atoms with Crippen LogP contribution in [0.25, 0.3) is 0 Å². The Morgan fingerprint density at radius 2 is 1.53 bits per heavy atom. The Bertz CT molecular complexity index is 208. The minimum Gasteiger partial charge on any atom is -0.359 e. The Balaban J connectivity index is 5.30. The van der Waals surface area contributed by atoms with Gasteiger partial charge in [-0.2, -0.15) is 0 Å². The molecule has 0 aliphatic carbocycles. The van der Waals surface area contributed by atoms with Crippen molar-refractivity contribution in [2.45, 2.75) is 45.0 Å². The summed E-state index contributed by atoms with van der Waals surface area (Å²) in [7, 11) is -0.724.